The van der Waals surface area contributed by atoms with E-state index in [9.17, 15) is 4.79 Å². The van der Waals surface area contributed by atoms with E-state index in [-0.39, 0.29) is 12.0 Å². The van der Waals surface area contributed by atoms with Crippen molar-refractivity contribution in [2.45, 2.75) is 31.2 Å². The molecule has 2 heterocycles. The number of carbonyl (C=O) groups excluding carboxylic acids is 1. The number of ether oxygens (including phenoxy) is 1. The minimum absolute atomic E-state index is 0.223. The molecular weight excluding hydrogens is 427 g/mol. The largest absolute Gasteiger partial charge is 0.466 e. The standard InChI is InChI=1S/C20H21IN2O2/c1-3-13(21)12-23-11-10-20-14-6-4-5-7-16(14)22-18(20)17(23)9-8-15(20)19(24)25-2/h3-8,17H,9-12H2,1-2H3/b13-3-/t17?,20-/m0/s1. The summed E-state index contributed by atoms with van der Waals surface area (Å²) in [7, 11) is 1.47. The van der Waals surface area contributed by atoms with Gasteiger partial charge in [-0.25, -0.2) is 4.79 Å². The first-order chi connectivity index (χ1) is 12.1. The summed E-state index contributed by atoms with van der Waals surface area (Å²) in [6, 6.07) is 8.48. The van der Waals surface area contributed by atoms with Gasteiger partial charge in [0.1, 0.15) is 0 Å². The Balaban J connectivity index is 1.84. The van der Waals surface area contributed by atoms with Crippen LogP contribution in [-0.4, -0.2) is 42.8 Å². The van der Waals surface area contributed by atoms with Gasteiger partial charge in [0.05, 0.1) is 30.0 Å². The maximum Gasteiger partial charge on any atom is 0.334 e. The molecule has 1 aromatic rings. The summed E-state index contributed by atoms with van der Waals surface area (Å²) in [4.78, 5) is 20.0. The minimum Gasteiger partial charge on any atom is -0.466 e. The lowest BCUT2D eigenvalue weighted by Gasteiger charge is -2.49. The van der Waals surface area contributed by atoms with Gasteiger partial charge in [0.2, 0.25) is 0 Å². The van der Waals surface area contributed by atoms with Crippen molar-refractivity contribution in [2.24, 2.45) is 4.99 Å². The number of likely N-dealkylation sites (tertiary alicyclic amines) is 1. The molecule has 130 valence electrons. The minimum atomic E-state index is -0.398. The number of hydrogen-bond donors (Lipinski definition) is 0. The summed E-state index contributed by atoms with van der Waals surface area (Å²) in [5.74, 6) is -0.223. The van der Waals surface area contributed by atoms with Gasteiger partial charge < -0.3 is 4.74 Å². The molecule has 1 fully saturated rings. The van der Waals surface area contributed by atoms with Gasteiger partial charge in [-0.2, -0.15) is 0 Å². The molecule has 1 saturated heterocycles. The second-order valence-corrected chi connectivity index (χ2v) is 8.12. The summed E-state index contributed by atoms with van der Waals surface area (Å²) < 4.78 is 6.46. The first-order valence-electron chi connectivity index (χ1n) is 8.64. The molecule has 0 saturated carbocycles. The van der Waals surface area contributed by atoms with Crippen LogP contribution in [0.1, 0.15) is 25.3 Å². The summed E-state index contributed by atoms with van der Waals surface area (Å²) in [6.45, 7) is 3.97. The molecule has 3 aliphatic rings. The number of rotatable bonds is 3. The lowest BCUT2D eigenvalue weighted by atomic mass is 9.62. The van der Waals surface area contributed by atoms with Crippen LogP contribution in [0.25, 0.3) is 0 Å². The topological polar surface area (TPSA) is 41.9 Å². The zero-order chi connectivity index (χ0) is 17.6. The highest BCUT2D eigenvalue weighted by atomic mass is 127. The van der Waals surface area contributed by atoms with E-state index in [4.69, 9.17) is 9.73 Å². The Kier molecular flexibility index (Phi) is 4.32. The van der Waals surface area contributed by atoms with Crippen molar-refractivity contribution < 1.29 is 9.53 Å². The molecule has 4 nitrogen and oxygen atoms in total. The quantitative estimate of drug-likeness (QED) is 0.520. The van der Waals surface area contributed by atoms with E-state index in [1.165, 1.54) is 10.7 Å². The predicted octanol–water partition coefficient (Wildman–Crippen LogP) is 3.93. The van der Waals surface area contributed by atoms with Crippen LogP contribution >= 0.6 is 22.6 Å². The number of carbonyl (C=O) groups is 1. The second kappa shape index (κ2) is 6.36. The number of hydrogen-bond acceptors (Lipinski definition) is 4. The van der Waals surface area contributed by atoms with Gasteiger partial charge in [-0.15, -0.1) is 0 Å². The van der Waals surface area contributed by atoms with E-state index in [1.807, 2.05) is 12.1 Å². The SMILES string of the molecule is C/C=C(\I)CN1CC[C@]23C(C(=O)OC)=CCC1C2=Nc1ccccc13. The molecule has 0 N–H and O–H groups in total. The number of fused-ring (bicyclic) bond motifs is 1. The number of para-hydroxylation sites is 1. The Hall–Kier alpha value is -1.47. The van der Waals surface area contributed by atoms with Crippen LogP contribution in [0.2, 0.25) is 0 Å². The third kappa shape index (κ3) is 2.43. The van der Waals surface area contributed by atoms with Crippen LogP contribution in [0, 0.1) is 0 Å². The Morgan fingerprint density at radius 2 is 2.28 bits per heavy atom. The Bertz CT molecular complexity index is 827. The molecule has 2 aliphatic heterocycles. The third-order valence-corrected chi connectivity index (χ3v) is 6.61. The highest BCUT2D eigenvalue weighted by Gasteiger charge is 2.56. The molecule has 0 aromatic heterocycles. The van der Waals surface area contributed by atoms with E-state index in [2.05, 4.69) is 58.7 Å². The van der Waals surface area contributed by atoms with Crippen LogP contribution in [0.3, 0.4) is 0 Å². The molecule has 2 atom stereocenters. The number of piperidine rings is 1. The summed E-state index contributed by atoms with van der Waals surface area (Å²) in [5, 5.41) is 0. The van der Waals surface area contributed by atoms with E-state index < -0.39 is 5.41 Å². The van der Waals surface area contributed by atoms with Gasteiger partial charge in [0.25, 0.3) is 0 Å². The normalized spacial score (nSPS) is 28.0. The lowest BCUT2D eigenvalue weighted by Crippen LogP contribution is -2.59. The number of methoxy groups -OCH3 is 1. The van der Waals surface area contributed by atoms with Gasteiger partial charge in [0.15, 0.2) is 0 Å². The molecule has 1 unspecified atom stereocenters. The molecule has 1 aliphatic carbocycles. The van der Waals surface area contributed by atoms with Crippen LogP contribution in [0.5, 0.6) is 0 Å². The Morgan fingerprint density at radius 3 is 3.04 bits per heavy atom. The molecule has 0 amide bonds. The maximum absolute atomic E-state index is 12.6. The van der Waals surface area contributed by atoms with Crippen molar-refractivity contribution in [3.8, 4) is 0 Å². The van der Waals surface area contributed by atoms with Gasteiger partial charge >= 0.3 is 5.97 Å². The summed E-state index contributed by atoms with van der Waals surface area (Å²) in [6.07, 6.45) is 5.93. The molecule has 2 bridgehead atoms. The second-order valence-electron chi connectivity index (χ2n) is 6.74. The van der Waals surface area contributed by atoms with E-state index in [1.54, 1.807) is 0 Å². The molecule has 4 rings (SSSR count). The predicted molar refractivity (Wildman–Crippen MR) is 108 cm³/mol. The molecular formula is C20H21IN2O2. The van der Waals surface area contributed by atoms with E-state index >= 15 is 0 Å². The number of halogens is 1. The van der Waals surface area contributed by atoms with Gasteiger partial charge in [-0.3, -0.25) is 9.89 Å². The van der Waals surface area contributed by atoms with Crippen molar-refractivity contribution >= 4 is 40.0 Å². The highest BCUT2D eigenvalue weighted by molar-refractivity contribution is 14.1. The molecule has 0 spiro atoms. The van der Waals surface area contributed by atoms with Crippen molar-refractivity contribution in [2.75, 3.05) is 20.2 Å². The average molecular weight is 448 g/mol. The first-order valence-corrected chi connectivity index (χ1v) is 9.72. The number of aliphatic imine (C=N–C) groups is 1. The monoisotopic (exact) mass is 448 g/mol. The number of benzene rings is 1. The molecule has 0 radical (unpaired) electrons. The summed E-state index contributed by atoms with van der Waals surface area (Å²) in [5.41, 5.74) is 3.66. The van der Waals surface area contributed by atoms with Gasteiger partial charge in [0, 0.05) is 22.2 Å². The van der Waals surface area contributed by atoms with E-state index in [0.29, 0.717) is 0 Å². The Morgan fingerprint density at radius 1 is 1.48 bits per heavy atom. The number of allylic oxidation sites excluding steroid dienone is 1. The zero-order valence-corrected chi connectivity index (χ0v) is 16.6. The fourth-order valence-corrected chi connectivity index (χ4v) is 4.92. The van der Waals surface area contributed by atoms with Crippen LogP contribution in [-0.2, 0) is 14.9 Å². The summed E-state index contributed by atoms with van der Waals surface area (Å²) >= 11 is 2.41. The zero-order valence-electron chi connectivity index (χ0n) is 14.5. The maximum atomic E-state index is 12.6. The Labute approximate surface area is 161 Å². The van der Waals surface area contributed by atoms with Crippen LogP contribution < -0.4 is 0 Å². The lowest BCUT2D eigenvalue weighted by molar-refractivity contribution is -0.136. The van der Waals surface area contributed by atoms with Crippen LogP contribution in [0.4, 0.5) is 5.69 Å². The first kappa shape index (κ1) is 17.0. The number of nitrogens with zero attached hydrogens (tertiary/aromatic N) is 2. The fourth-order valence-electron chi connectivity index (χ4n) is 4.48. The fraction of sp³-hybridized carbons (Fsp3) is 0.400. The van der Waals surface area contributed by atoms with Gasteiger partial charge in [-0.05, 0) is 54.0 Å². The molecule has 5 heteroatoms. The van der Waals surface area contributed by atoms with Crippen LogP contribution in [0.15, 0.2) is 50.6 Å². The molecule has 25 heavy (non-hydrogen) atoms. The average Bonchev–Trinajstić information content (AvgIpc) is 2.99. The highest BCUT2D eigenvalue weighted by Crippen LogP contribution is 2.53. The third-order valence-electron chi connectivity index (χ3n) is 5.65. The van der Waals surface area contributed by atoms with E-state index in [0.717, 1.165) is 48.5 Å². The van der Waals surface area contributed by atoms with Crippen molar-refractivity contribution in [1.82, 2.24) is 4.90 Å². The number of esters is 1. The molecule has 1 aromatic carbocycles. The smallest absolute Gasteiger partial charge is 0.334 e. The van der Waals surface area contributed by atoms with Crippen molar-refractivity contribution in [3.63, 3.8) is 0 Å². The van der Waals surface area contributed by atoms with Crippen molar-refractivity contribution in [3.05, 3.63) is 51.1 Å². The van der Waals surface area contributed by atoms with Crippen molar-refractivity contribution in [1.29, 1.82) is 0 Å². The van der Waals surface area contributed by atoms with Gasteiger partial charge in [-0.1, -0.05) is 30.4 Å².